The summed E-state index contributed by atoms with van der Waals surface area (Å²) >= 11 is 1.52. The molecule has 1 heterocycles. The van der Waals surface area contributed by atoms with E-state index in [9.17, 15) is 0 Å². The minimum atomic E-state index is 0.530. The second-order valence-corrected chi connectivity index (χ2v) is 5.38. The van der Waals surface area contributed by atoms with Crippen LogP contribution < -0.4 is 16.6 Å². The van der Waals surface area contributed by atoms with E-state index in [1.807, 2.05) is 12.3 Å². The van der Waals surface area contributed by atoms with Crippen molar-refractivity contribution in [2.24, 2.45) is 5.84 Å². The van der Waals surface area contributed by atoms with E-state index in [-0.39, 0.29) is 0 Å². The molecule has 2 rings (SSSR count). The maximum atomic E-state index is 5.42. The molecule has 1 fully saturated rings. The van der Waals surface area contributed by atoms with Gasteiger partial charge in [-0.15, -0.1) is 0 Å². The molecule has 1 aromatic rings. The first kappa shape index (κ1) is 13.4. The first-order chi connectivity index (χ1) is 8.81. The lowest BCUT2D eigenvalue weighted by atomic mass is 10.1. The fourth-order valence-electron chi connectivity index (χ4n) is 2.30. The number of nitrogens with zero attached hydrogens (tertiary/aromatic N) is 2. The third-order valence-electron chi connectivity index (χ3n) is 3.24. The number of rotatable bonds is 4. The molecule has 18 heavy (non-hydrogen) atoms. The van der Waals surface area contributed by atoms with Crippen LogP contribution in [-0.2, 0) is 0 Å². The zero-order valence-corrected chi connectivity index (χ0v) is 11.6. The molecule has 0 amide bonds. The minimum absolute atomic E-state index is 0.530. The molecule has 0 unspecified atom stereocenters. The molecule has 6 heteroatoms. The van der Waals surface area contributed by atoms with E-state index >= 15 is 0 Å². The van der Waals surface area contributed by atoms with E-state index in [1.54, 1.807) is 0 Å². The van der Waals surface area contributed by atoms with Gasteiger partial charge in [0.05, 0.1) is 0 Å². The van der Waals surface area contributed by atoms with Gasteiger partial charge in [-0.2, -0.15) is 0 Å². The molecular weight excluding hydrogens is 246 g/mol. The van der Waals surface area contributed by atoms with Gasteiger partial charge in [0, 0.05) is 12.1 Å². The predicted molar refractivity (Wildman–Crippen MR) is 76.7 cm³/mol. The molecule has 0 spiro atoms. The zero-order valence-electron chi connectivity index (χ0n) is 10.8. The van der Waals surface area contributed by atoms with E-state index < -0.39 is 0 Å². The van der Waals surface area contributed by atoms with Crippen LogP contribution in [0.1, 0.15) is 38.5 Å². The number of nitrogens with two attached hydrogens (primary N) is 1. The number of nitrogen functional groups attached to an aromatic ring is 1. The van der Waals surface area contributed by atoms with Crippen molar-refractivity contribution in [3.05, 3.63) is 6.07 Å². The molecule has 0 aliphatic heterocycles. The predicted octanol–water partition coefficient (Wildman–Crippen LogP) is 2.62. The molecule has 0 radical (unpaired) electrons. The summed E-state index contributed by atoms with van der Waals surface area (Å²) in [6, 6.07) is 2.40. The Morgan fingerprint density at radius 2 is 1.83 bits per heavy atom. The highest BCUT2D eigenvalue weighted by Gasteiger charge is 2.13. The third kappa shape index (κ3) is 3.74. The van der Waals surface area contributed by atoms with Gasteiger partial charge in [0.25, 0.3) is 0 Å². The molecule has 0 atom stereocenters. The number of hydrogen-bond donors (Lipinski definition) is 3. The van der Waals surface area contributed by atoms with Crippen LogP contribution in [0.2, 0.25) is 0 Å². The van der Waals surface area contributed by atoms with Crippen LogP contribution in [0.15, 0.2) is 11.2 Å². The summed E-state index contributed by atoms with van der Waals surface area (Å²) in [7, 11) is 0. The van der Waals surface area contributed by atoms with Crippen LogP contribution in [0.5, 0.6) is 0 Å². The van der Waals surface area contributed by atoms with E-state index in [0.717, 1.165) is 11.0 Å². The molecule has 0 bridgehead atoms. The van der Waals surface area contributed by atoms with Crippen molar-refractivity contribution in [1.82, 2.24) is 9.97 Å². The molecule has 0 aromatic carbocycles. The largest absolute Gasteiger partial charge is 0.367 e. The Balaban J connectivity index is 2.06. The number of anilines is 2. The van der Waals surface area contributed by atoms with Crippen molar-refractivity contribution in [1.29, 1.82) is 0 Å². The highest BCUT2D eigenvalue weighted by molar-refractivity contribution is 7.98. The number of thioether (sulfide) groups is 1. The number of hydrogen-bond acceptors (Lipinski definition) is 6. The van der Waals surface area contributed by atoms with Gasteiger partial charge in [-0.25, -0.2) is 15.8 Å². The van der Waals surface area contributed by atoms with Gasteiger partial charge < -0.3 is 10.7 Å². The van der Waals surface area contributed by atoms with Gasteiger partial charge >= 0.3 is 0 Å². The van der Waals surface area contributed by atoms with Gasteiger partial charge in [0.1, 0.15) is 11.6 Å². The molecule has 1 aromatic heterocycles. The van der Waals surface area contributed by atoms with E-state index in [2.05, 4.69) is 20.7 Å². The van der Waals surface area contributed by atoms with Crippen LogP contribution in [-0.4, -0.2) is 22.3 Å². The van der Waals surface area contributed by atoms with Crippen molar-refractivity contribution < 1.29 is 0 Å². The number of nitrogens with one attached hydrogen (secondary N) is 2. The first-order valence-corrected chi connectivity index (χ1v) is 7.70. The zero-order chi connectivity index (χ0) is 12.8. The summed E-state index contributed by atoms with van der Waals surface area (Å²) in [4.78, 5) is 8.73. The van der Waals surface area contributed by atoms with Gasteiger partial charge in [0.15, 0.2) is 5.16 Å². The summed E-state index contributed by atoms with van der Waals surface area (Å²) in [5.41, 5.74) is 2.59. The summed E-state index contributed by atoms with van der Waals surface area (Å²) in [5.74, 6) is 6.95. The molecule has 5 nitrogen and oxygen atoms in total. The molecule has 1 aliphatic rings. The Labute approximate surface area is 112 Å². The standard InChI is InChI=1S/C12H21N5S/c1-18-12-15-10(8-11(16-12)17-13)14-9-6-4-2-3-5-7-9/h8-9H,2-7,13H2,1H3,(H2,14,15,16,17). The second kappa shape index (κ2) is 6.80. The molecule has 1 aliphatic carbocycles. The maximum Gasteiger partial charge on any atom is 0.191 e. The lowest BCUT2D eigenvalue weighted by Crippen LogP contribution is -2.20. The molecular formula is C12H21N5S. The Morgan fingerprint density at radius 3 is 2.44 bits per heavy atom. The molecule has 1 saturated carbocycles. The topological polar surface area (TPSA) is 75.9 Å². The van der Waals surface area contributed by atoms with Crippen molar-refractivity contribution in [2.45, 2.75) is 49.7 Å². The van der Waals surface area contributed by atoms with Crippen LogP contribution >= 0.6 is 11.8 Å². The fourth-order valence-corrected chi connectivity index (χ4v) is 2.68. The Hall–Kier alpha value is -1.01. The average Bonchev–Trinajstić information content (AvgIpc) is 2.67. The Kier molecular flexibility index (Phi) is 5.07. The highest BCUT2D eigenvalue weighted by atomic mass is 32.2. The molecule has 4 N–H and O–H groups in total. The van der Waals surface area contributed by atoms with Crippen LogP contribution in [0.25, 0.3) is 0 Å². The van der Waals surface area contributed by atoms with Crippen LogP contribution in [0.4, 0.5) is 11.6 Å². The summed E-state index contributed by atoms with van der Waals surface area (Å²) in [5, 5.41) is 4.25. The second-order valence-electron chi connectivity index (χ2n) is 4.60. The first-order valence-electron chi connectivity index (χ1n) is 6.48. The quantitative estimate of drug-likeness (QED) is 0.256. The SMILES string of the molecule is CSc1nc(NN)cc(NC2CCCCCC2)n1. The minimum Gasteiger partial charge on any atom is -0.367 e. The van der Waals surface area contributed by atoms with Crippen LogP contribution in [0, 0.1) is 0 Å². The Bertz CT molecular complexity index is 354. The van der Waals surface area contributed by atoms with Gasteiger partial charge in [-0.3, -0.25) is 0 Å². The summed E-state index contributed by atoms with van der Waals surface area (Å²) in [6.45, 7) is 0. The third-order valence-corrected chi connectivity index (χ3v) is 3.79. The number of hydrazine groups is 1. The highest BCUT2D eigenvalue weighted by Crippen LogP contribution is 2.22. The summed E-state index contributed by atoms with van der Waals surface area (Å²) in [6.07, 6.45) is 9.74. The van der Waals surface area contributed by atoms with Gasteiger partial charge in [-0.05, 0) is 19.1 Å². The Morgan fingerprint density at radius 1 is 1.17 bits per heavy atom. The van der Waals surface area contributed by atoms with Crippen molar-refractivity contribution in [2.75, 3.05) is 17.0 Å². The molecule has 100 valence electrons. The van der Waals surface area contributed by atoms with Crippen LogP contribution in [0.3, 0.4) is 0 Å². The maximum absolute atomic E-state index is 5.42. The summed E-state index contributed by atoms with van der Waals surface area (Å²) < 4.78 is 0. The molecule has 0 saturated heterocycles. The van der Waals surface area contributed by atoms with E-state index in [4.69, 9.17) is 5.84 Å². The lowest BCUT2D eigenvalue weighted by molar-refractivity contribution is 0.616. The van der Waals surface area contributed by atoms with Gasteiger partial charge in [-0.1, -0.05) is 37.4 Å². The van der Waals surface area contributed by atoms with Crippen molar-refractivity contribution in [3.63, 3.8) is 0 Å². The number of aromatic nitrogens is 2. The average molecular weight is 267 g/mol. The van der Waals surface area contributed by atoms with Gasteiger partial charge in [0.2, 0.25) is 0 Å². The normalized spacial score (nSPS) is 17.2. The lowest BCUT2D eigenvalue weighted by Gasteiger charge is -2.17. The smallest absolute Gasteiger partial charge is 0.191 e. The van der Waals surface area contributed by atoms with Crippen molar-refractivity contribution >= 4 is 23.4 Å². The fraction of sp³-hybridized carbons (Fsp3) is 0.667. The van der Waals surface area contributed by atoms with E-state index in [1.165, 1.54) is 50.3 Å². The monoisotopic (exact) mass is 267 g/mol. The van der Waals surface area contributed by atoms with E-state index in [0.29, 0.717) is 11.9 Å². The van der Waals surface area contributed by atoms with Crippen molar-refractivity contribution in [3.8, 4) is 0 Å².